The van der Waals surface area contributed by atoms with E-state index in [0.717, 1.165) is 0 Å². The minimum absolute atomic E-state index is 0.0409. The molecule has 1 atom stereocenters. The Labute approximate surface area is 139 Å². The van der Waals surface area contributed by atoms with Crippen molar-refractivity contribution in [3.8, 4) is 0 Å². The normalized spacial score (nSPS) is 11.8. The molecule has 0 heterocycles. The summed E-state index contributed by atoms with van der Waals surface area (Å²) in [4.78, 5) is 33.6. The molecule has 0 aromatic heterocycles. The molecule has 1 rings (SSSR count). The molecule has 0 spiro atoms. The van der Waals surface area contributed by atoms with Crippen LogP contribution in [0.3, 0.4) is 0 Å². The van der Waals surface area contributed by atoms with Crippen molar-refractivity contribution < 1.29 is 24.4 Å². The van der Waals surface area contributed by atoms with Gasteiger partial charge in [-0.2, -0.15) is 0 Å². The van der Waals surface area contributed by atoms with Crippen molar-refractivity contribution in [3.63, 3.8) is 0 Å². The van der Waals surface area contributed by atoms with E-state index in [9.17, 15) is 19.7 Å². The quantitative estimate of drug-likeness (QED) is 0.333. The van der Waals surface area contributed by atoms with Crippen LogP contribution in [-0.4, -0.2) is 48.2 Å². The predicted molar refractivity (Wildman–Crippen MR) is 87.0 cm³/mol. The van der Waals surface area contributed by atoms with Crippen molar-refractivity contribution in [3.05, 3.63) is 33.9 Å². The predicted octanol–water partition coefficient (Wildman–Crippen LogP) is 1.31. The lowest BCUT2D eigenvalue weighted by Crippen LogP contribution is -2.40. The van der Waals surface area contributed by atoms with Crippen LogP contribution in [0, 0.1) is 17.0 Å². The first-order valence-corrected chi connectivity index (χ1v) is 7.35. The molecule has 0 aliphatic rings. The Hall–Kier alpha value is -2.52. The van der Waals surface area contributed by atoms with Crippen LogP contribution in [0.2, 0.25) is 0 Å². The Kier molecular flexibility index (Phi) is 7.80. The third-order valence-electron chi connectivity index (χ3n) is 3.23. The fourth-order valence-corrected chi connectivity index (χ4v) is 2.02. The van der Waals surface area contributed by atoms with Gasteiger partial charge >= 0.3 is 5.97 Å². The van der Waals surface area contributed by atoms with Crippen molar-refractivity contribution in [1.82, 2.24) is 5.32 Å². The average Bonchev–Trinajstić information content (AvgIpc) is 2.51. The number of methoxy groups -OCH3 is 1. The number of nitrogens with one attached hydrogen (secondary N) is 2. The van der Waals surface area contributed by atoms with Crippen LogP contribution in [0.4, 0.5) is 11.4 Å². The molecule has 1 unspecified atom stereocenters. The molecule has 9 nitrogen and oxygen atoms in total. The number of hydrogen-bond donors (Lipinski definition) is 3. The number of ether oxygens (including phenoxy) is 1. The van der Waals surface area contributed by atoms with Gasteiger partial charge in [-0.1, -0.05) is 6.07 Å². The van der Waals surface area contributed by atoms with Crippen LogP contribution in [0.15, 0.2) is 18.2 Å². The van der Waals surface area contributed by atoms with Gasteiger partial charge in [0.2, 0.25) is 5.91 Å². The number of aliphatic carboxylic acids is 1. The van der Waals surface area contributed by atoms with Crippen molar-refractivity contribution in [2.45, 2.75) is 25.8 Å². The number of aryl methyl sites for hydroxylation is 1. The first kappa shape index (κ1) is 19.5. The Morgan fingerprint density at radius 3 is 2.71 bits per heavy atom. The highest BCUT2D eigenvalue weighted by Crippen LogP contribution is 2.25. The molecule has 24 heavy (non-hydrogen) atoms. The van der Waals surface area contributed by atoms with Crippen LogP contribution in [0.25, 0.3) is 0 Å². The highest BCUT2D eigenvalue weighted by atomic mass is 16.6. The summed E-state index contributed by atoms with van der Waals surface area (Å²) in [7, 11) is 1.54. The van der Waals surface area contributed by atoms with Gasteiger partial charge in [0.15, 0.2) is 0 Å². The molecule has 0 saturated heterocycles. The van der Waals surface area contributed by atoms with Crippen LogP contribution < -0.4 is 10.6 Å². The number of anilines is 1. The van der Waals surface area contributed by atoms with Gasteiger partial charge in [0.05, 0.1) is 11.3 Å². The van der Waals surface area contributed by atoms with E-state index < -0.39 is 22.8 Å². The molecule has 3 N–H and O–H groups in total. The molecule has 0 radical (unpaired) electrons. The summed E-state index contributed by atoms with van der Waals surface area (Å²) >= 11 is 0. The van der Waals surface area contributed by atoms with E-state index >= 15 is 0 Å². The number of carbonyl (C=O) groups excluding carboxylic acids is 1. The average molecular weight is 339 g/mol. The molecule has 0 fully saturated rings. The monoisotopic (exact) mass is 339 g/mol. The minimum atomic E-state index is -1.17. The Morgan fingerprint density at radius 2 is 2.12 bits per heavy atom. The van der Waals surface area contributed by atoms with E-state index in [1.54, 1.807) is 13.0 Å². The van der Waals surface area contributed by atoms with Crippen molar-refractivity contribution in [1.29, 1.82) is 0 Å². The molecule has 9 heteroatoms. The summed E-state index contributed by atoms with van der Waals surface area (Å²) in [5, 5.41) is 25.3. The van der Waals surface area contributed by atoms with Crippen molar-refractivity contribution in [2.75, 3.05) is 25.6 Å². The molecule has 0 bridgehead atoms. The van der Waals surface area contributed by atoms with E-state index in [-0.39, 0.29) is 17.8 Å². The first-order chi connectivity index (χ1) is 11.3. The number of rotatable bonds is 10. The SMILES string of the molecule is COCCCNC(CC(=O)Nc1ccc(C)cc1[N+](=O)[O-])C(=O)O. The molecule has 1 amide bonds. The second-order valence-corrected chi connectivity index (χ2v) is 5.22. The van der Waals surface area contributed by atoms with Gasteiger partial charge in [-0.15, -0.1) is 0 Å². The standard InChI is InChI=1S/C15H21N3O6/c1-10-4-5-11(13(8-10)18(22)23)17-14(19)9-12(15(20)21)16-6-3-7-24-2/h4-5,8,12,16H,3,6-7,9H2,1-2H3,(H,17,19)(H,20,21). The zero-order chi connectivity index (χ0) is 18.1. The molecular formula is C15H21N3O6. The Bertz CT molecular complexity index is 605. The van der Waals surface area contributed by atoms with Crippen molar-refractivity contribution in [2.24, 2.45) is 0 Å². The zero-order valence-electron chi connectivity index (χ0n) is 13.6. The molecule has 1 aromatic carbocycles. The van der Waals surface area contributed by atoms with Gasteiger partial charge in [-0.3, -0.25) is 19.7 Å². The third kappa shape index (κ3) is 6.31. The summed E-state index contributed by atoms with van der Waals surface area (Å²) in [5.41, 5.74) is 0.491. The third-order valence-corrected chi connectivity index (χ3v) is 3.23. The molecule has 0 saturated carbocycles. The zero-order valence-corrected chi connectivity index (χ0v) is 13.6. The fourth-order valence-electron chi connectivity index (χ4n) is 2.02. The van der Waals surface area contributed by atoms with E-state index in [1.165, 1.54) is 19.2 Å². The van der Waals surface area contributed by atoms with Crippen LogP contribution in [-0.2, 0) is 14.3 Å². The maximum atomic E-state index is 12.0. The van der Waals surface area contributed by atoms with Crippen LogP contribution >= 0.6 is 0 Å². The van der Waals surface area contributed by atoms with Gasteiger partial charge in [0.1, 0.15) is 11.7 Å². The maximum Gasteiger partial charge on any atom is 0.321 e. The largest absolute Gasteiger partial charge is 0.480 e. The molecule has 0 aliphatic heterocycles. The Morgan fingerprint density at radius 1 is 1.42 bits per heavy atom. The van der Waals surface area contributed by atoms with Gasteiger partial charge in [0.25, 0.3) is 5.69 Å². The minimum Gasteiger partial charge on any atom is -0.480 e. The van der Waals surface area contributed by atoms with E-state index in [4.69, 9.17) is 9.84 Å². The number of benzene rings is 1. The lowest BCUT2D eigenvalue weighted by Gasteiger charge is -2.14. The first-order valence-electron chi connectivity index (χ1n) is 7.35. The molecule has 1 aromatic rings. The maximum absolute atomic E-state index is 12.0. The summed E-state index contributed by atoms with van der Waals surface area (Å²) in [6, 6.07) is 3.31. The van der Waals surface area contributed by atoms with Crippen molar-refractivity contribution >= 4 is 23.3 Å². The number of nitro groups is 1. The number of carbonyl (C=O) groups is 2. The summed E-state index contributed by atoms with van der Waals surface area (Å²) in [5.74, 6) is -1.78. The topological polar surface area (TPSA) is 131 Å². The second-order valence-electron chi connectivity index (χ2n) is 5.22. The fraction of sp³-hybridized carbons (Fsp3) is 0.467. The summed E-state index contributed by atoms with van der Waals surface area (Å²) in [6.45, 7) is 2.55. The Balaban J connectivity index is 2.69. The van der Waals surface area contributed by atoms with Gasteiger partial charge in [0, 0.05) is 19.8 Å². The second kappa shape index (κ2) is 9.58. The van der Waals surface area contributed by atoms with Crippen LogP contribution in [0.1, 0.15) is 18.4 Å². The summed E-state index contributed by atoms with van der Waals surface area (Å²) in [6.07, 6.45) is 0.263. The van der Waals surface area contributed by atoms with Gasteiger partial charge in [-0.25, -0.2) is 0 Å². The number of nitrogens with zero attached hydrogens (tertiary/aromatic N) is 1. The lowest BCUT2D eigenvalue weighted by atomic mass is 10.1. The van der Waals surface area contributed by atoms with E-state index in [0.29, 0.717) is 25.1 Å². The smallest absolute Gasteiger partial charge is 0.321 e. The highest BCUT2D eigenvalue weighted by Gasteiger charge is 2.22. The number of hydrogen-bond acceptors (Lipinski definition) is 6. The van der Waals surface area contributed by atoms with Gasteiger partial charge < -0.3 is 20.5 Å². The number of carboxylic acid groups (broad SMARTS) is 1. The molecule has 0 aliphatic carbocycles. The van der Waals surface area contributed by atoms with E-state index in [1.807, 2.05) is 0 Å². The highest BCUT2D eigenvalue weighted by molar-refractivity contribution is 5.95. The van der Waals surface area contributed by atoms with Gasteiger partial charge in [-0.05, 0) is 31.5 Å². The van der Waals surface area contributed by atoms with Crippen LogP contribution in [0.5, 0.6) is 0 Å². The summed E-state index contributed by atoms with van der Waals surface area (Å²) < 4.78 is 4.86. The molecule has 132 valence electrons. The number of carboxylic acids is 1. The van der Waals surface area contributed by atoms with E-state index in [2.05, 4.69) is 10.6 Å². The molecular weight excluding hydrogens is 318 g/mol. The lowest BCUT2D eigenvalue weighted by molar-refractivity contribution is -0.384. The number of amides is 1. The number of nitro benzene ring substituents is 1.